The average molecular weight is 150 g/mol. The fourth-order valence-corrected chi connectivity index (χ4v) is 1.36. The van der Waals surface area contributed by atoms with E-state index in [9.17, 15) is 5.11 Å². The van der Waals surface area contributed by atoms with E-state index in [1.807, 2.05) is 24.3 Å². The minimum Gasteiger partial charge on any atom is -0.386 e. The average Bonchev–Trinajstić information content (AvgIpc) is 2.06. The molecule has 1 N–H and O–H groups in total. The van der Waals surface area contributed by atoms with Crippen molar-refractivity contribution in [2.24, 2.45) is 0 Å². The molecule has 11 heavy (non-hydrogen) atoms. The van der Waals surface area contributed by atoms with Gasteiger partial charge in [0.2, 0.25) is 0 Å². The maximum Gasteiger partial charge on any atom is 0.103 e. The molecule has 0 fully saturated rings. The van der Waals surface area contributed by atoms with Gasteiger partial charge in [-0.1, -0.05) is 24.3 Å². The number of hydrogen-bond donors (Lipinski definition) is 1. The van der Waals surface area contributed by atoms with Crippen LogP contribution in [0.3, 0.4) is 0 Å². The van der Waals surface area contributed by atoms with Crippen LogP contribution in [0.5, 0.6) is 0 Å². The molecule has 1 aliphatic rings. The zero-order chi connectivity index (χ0) is 7.68. The van der Waals surface area contributed by atoms with Crippen LogP contribution in [0.2, 0.25) is 0 Å². The van der Waals surface area contributed by atoms with Crippen molar-refractivity contribution in [2.75, 3.05) is 6.61 Å². The Morgan fingerprint density at radius 3 is 3.00 bits per heavy atom. The van der Waals surface area contributed by atoms with Crippen LogP contribution >= 0.6 is 0 Å². The van der Waals surface area contributed by atoms with E-state index in [0.717, 1.165) is 11.1 Å². The molecular weight excluding hydrogens is 140 g/mol. The molecule has 0 saturated carbocycles. The molecule has 0 spiro atoms. The van der Waals surface area contributed by atoms with Gasteiger partial charge in [0, 0.05) is 0 Å². The van der Waals surface area contributed by atoms with Gasteiger partial charge in [0.15, 0.2) is 0 Å². The summed E-state index contributed by atoms with van der Waals surface area (Å²) < 4.78 is 5.16. The van der Waals surface area contributed by atoms with Crippen molar-refractivity contribution >= 4 is 0 Å². The van der Waals surface area contributed by atoms with Gasteiger partial charge in [-0.3, -0.25) is 0 Å². The molecule has 2 rings (SSSR count). The van der Waals surface area contributed by atoms with Crippen molar-refractivity contribution in [3.8, 4) is 0 Å². The topological polar surface area (TPSA) is 29.5 Å². The van der Waals surface area contributed by atoms with Gasteiger partial charge < -0.3 is 9.84 Å². The molecule has 1 heterocycles. The summed E-state index contributed by atoms with van der Waals surface area (Å²) in [4.78, 5) is 0. The molecule has 0 aromatic heterocycles. The van der Waals surface area contributed by atoms with E-state index < -0.39 is 6.10 Å². The lowest BCUT2D eigenvalue weighted by atomic mass is 10.0. The highest BCUT2D eigenvalue weighted by Gasteiger charge is 2.16. The van der Waals surface area contributed by atoms with Crippen LogP contribution in [-0.4, -0.2) is 11.7 Å². The van der Waals surface area contributed by atoms with Gasteiger partial charge in [-0.25, -0.2) is 0 Å². The standard InChI is InChI=1S/C9H10O2/c10-9-6-11-5-7-3-1-2-4-8(7)9/h1-4,9-10H,5-6H2/t9-/m1/s1. The van der Waals surface area contributed by atoms with Crippen molar-refractivity contribution in [3.63, 3.8) is 0 Å². The lowest BCUT2D eigenvalue weighted by Crippen LogP contribution is -2.15. The Labute approximate surface area is 65.4 Å². The summed E-state index contributed by atoms with van der Waals surface area (Å²) in [5.74, 6) is 0. The molecule has 2 heteroatoms. The lowest BCUT2D eigenvalue weighted by Gasteiger charge is -2.20. The van der Waals surface area contributed by atoms with Crippen LogP contribution in [0.15, 0.2) is 24.3 Å². The molecule has 0 bridgehead atoms. The third kappa shape index (κ3) is 1.15. The molecule has 2 nitrogen and oxygen atoms in total. The number of aliphatic hydroxyl groups is 1. The maximum atomic E-state index is 9.44. The highest BCUT2D eigenvalue weighted by atomic mass is 16.5. The molecular formula is C9H10O2. The van der Waals surface area contributed by atoms with Gasteiger partial charge in [0.25, 0.3) is 0 Å². The summed E-state index contributed by atoms with van der Waals surface area (Å²) in [6.07, 6.45) is -0.431. The third-order valence-electron chi connectivity index (χ3n) is 1.95. The SMILES string of the molecule is O[C@@H]1COCc2ccccc21. The molecule has 0 amide bonds. The van der Waals surface area contributed by atoms with E-state index in [1.54, 1.807) is 0 Å². The zero-order valence-corrected chi connectivity index (χ0v) is 6.16. The Hall–Kier alpha value is -0.860. The maximum absolute atomic E-state index is 9.44. The number of ether oxygens (including phenoxy) is 1. The normalized spacial score (nSPS) is 22.8. The largest absolute Gasteiger partial charge is 0.386 e. The molecule has 58 valence electrons. The van der Waals surface area contributed by atoms with Crippen LogP contribution in [0.1, 0.15) is 17.2 Å². The van der Waals surface area contributed by atoms with Crippen molar-refractivity contribution < 1.29 is 9.84 Å². The highest BCUT2D eigenvalue weighted by Crippen LogP contribution is 2.23. The second-order valence-corrected chi connectivity index (χ2v) is 2.73. The number of benzene rings is 1. The van der Waals surface area contributed by atoms with E-state index in [0.29, 0.717) is 13.2 Å². The third-order valence-corrected chi connectivity index (χ3v) is 1.95. The molecule has 0 aliphatic carbocycles. The van der Waals surface area contributed by atoms with E-state index in [1.165, 1.54) is 0 Å². The number of rotatable bonds is 0. The Morgan fingerprint density at radius 1 is 1.36 bits per heavy atom. The molecule has 0 saturated heterocycles. The second kappa shape index (κ2) is 2.64. The first-order valence-corrected chi connectivity index (χ1v) is 3.71. The monoisotopic (exact) mass is 150 g/mol. The summed E-state index contributed by atoms with van der Waals surface area (Å²) in [6.45, 7) is 1.06. The van der Waals surface area contributed by atoms with Gasteiger partial charge in [-0.15, -0.1) is 0 Å². The van der Waals surface area contributed by atoms with Crippen LogP contribution in [0.25, 0.3) is 0 Å². The summed E-state index contributed by atoms with van der Waals surface area (Å²) in [6, 6.07) is 7.83. The first kappa shape index (κ1) is 6.83. The zero-order valence-electron chi connectivity index (χ0n) is 6.16. The molecule has 1 aliphatic heterocycles. The van der Waals surface area contributed by atoms with Gasteiger partial charge in [-0.2, -0.15) is 0 Å². The lowest BCUT2D eigenvalue weighted by molar-refractivity contribution is 0.00981. The van der Waals surface area contributed by atoms with Gasteiger partial charge in [0.1, 0.15) is 6.10 Å². The quantitative estimate of drug-likeness (QED) is 0.603. The summed E-state index contributed by atoms with van der Waals surface area (Å²) in [5.41, 5.74) is 2.12. The fraction of sp³-hybridized carbons (Fsp3) is 0.333. The number of fused-ring (bicyclic) bond motifs is 1. The Bertz CT molecular complexity index is 257. The molecule has 1 aromatic carbocycles. The van der Waals surface area contributed by atoms with Crippen molar-refractivity contribution in [1.29, 1.82) is 0 Å². The fourth-order valence-electron chi connectivity index (χ4n) is 1.36. The second-order valence-electron chi connectivity index (χ2n) is 2.73. The molecule has 1 atom stereocenters. The minimum atomic E-state index is -0.431. The van der Waals surface area contributed by atoms with Crippen molar-refractivity contribution in [2.45, 2.75) is 12.7 Å². The molecule has 0 radical (unpaired) electrons. The van der Waals surface area contributed by atoms with Gasteiger partial charge in [0.05, 0.1) is 13.2 Å². The number of aliphatic hydroxyl groups excluding tert-OH is 1. The van der Waals surface area contributed by atoms with Crippen LogP contribution in [0.4, 0.5) is 0 Å². The smallest absolute Gasteiger partial charge is 0.103 e. The first-order valence-electron chi connectivity index (χ1n) is 3.71. The summed E-state index contributed by atoms with van der Waals surface area (Å²) in [7, 11) is 0. The predicted molar refractivity (Wildman–Crippen MR) is 41.1 cm³/mol. The molecule has 0 unspecified atom stereocenters. The summed E-state index contributed by atoms with van der Waals surface area (Å²) >= 11 is 0. The van der Waals surface area contributed by atoms with Crippen molar-refractivity contribution in [3.05, 3.63) is 35.4 Å². The van der Waals surface area contributed by atoms with Crippen LogP contribution in [-0.2, 0) is 11.3 Å². The van der Waals surface area contributed by atoms with Crippen LogP contribution in [0, 0.1) is 0 Å². The first-order chi connectivity index (χ1) is 5.38. The highest BCUT2D eigenvalue weighted by molar-refractivity contribution is 5.29. The van der Waals surface area contributed by atoms with E-state index in [4.69, 9.17) is 4.74 Å². The van der Waals surface area contributed by atoms with E-state index >= 15 is 0 Å². The summed E-state index contributed by atoms with van der Waals surface area (Å²) in [5, 5.41) is 9.44. The van der Waals surface area contributed by atoms with Crippen molar-refractivity contribution in [1.82, 2.24) is 0 Å². The predicted octanol–water partition coefficient (Wildman–Crippen LogP) is 1.25. The van der Waals surface area contributed by atoms with Gasteiger partial charge in [-0.05, 0) is 11.1 Å². The Morgan fingerprint density at radius 2 is 2.18 bits per heavy atom. The molecule has 1 aromatic rings. The Kier molecular flexibility index (Phi) is 1.64. The van der Waals surface area contributed by atoms with E-state index in [2.05, 4.69) is 0 Å². The van der Waals surface area contributed by atoms with Crippen LogP contribution < -0.4 is 0 Å². The van der Waals surface area contributed by atoms with Gasteiger partial charge >= 0.3 is 0 Å². The van der Waals surface area contributed by atoms with E-state index in [-0.39, 0.29) is 0 Å². The minimum absolute atomic E-state index is 0.428. The Balaban J connectivity index is 2.44. The number of hydrogen-bond acceptors (Lipinski definition) is 2.